The molecular formula is C12H23N3O. The molecule has 0 bridgehead atoms. The molecule has 2 heterocycles. The Morgan fingerprint density at radius 1 is 1.31 bits per heavy atom. The Labute approximate surface area is 97.6 Å². The second kappa shape index (κ2) is 5.64. The fraction of sp³-hybridized carbons (Fsp3) is 0.917. The van der Waals surface area contributed by atoms with E-state index in [-0.39, 0.29) is 5.91 Å². The quantitative estimate of drug-likeness (QED) is 0.669. The van der Waals surface area contributed by atoms with Crippen LogP contribution in [0, 0.1) is 0 Å². The number of nitrogens with zero attached hydrogens (tertiary/aromatic N) is 1. The second-order valence-corrected chi connectivity index (χ2v) is 4.95. The van der Waals surface area contributed by atoms with E-state index in [9.17, 15) is 4.79 Å². The van der Waals surface area contributed by atoms with Gasteiger partial charge >= 0.3 is 0 Å². The molecule has 0 aliphatic carbocycles. The van der Waals surface area contributed by atoms with Gasteiger partial charge in [0.1, 0.15) is 0 Å². The molecule has 2 aliphatic rings. The SMILES string of the molecule is NCCCCC(=O)NC1CCN2CCCC12. The van der Waals surface area contributed by atoms with Gasteiger partial charge in [-0.25, -0.2) is 0 Å². The normalized spacial score (nSPS) is 29.3. The molecule has 2 atom stereocenters. The zero-order chi connectivity index (χ0) is 11.4. The summed E-state index contributed by atoms with van der Waals surface area (Å²) in [5.41, 5.74) is 5.41. The Hall–Kier alpha value is -0.610. The summed E-state index contributed by atoms with van der Waals surface area (Å²) >= 11 is 0. The van der Waals surface area contributed by atoms with Crippen LogP contribution in [-0.4, -0.2) is 42.5 Å². The van der Waals surface area contributed by atoms with Crippen molar-refractivity contribution < 1.29 is 4.79 Å². The molecule has 4 heteroatoms. The lowest BCUT2D eigenvalue weighted by atomic mass is 10.1. The molecule has 2 aliphatic heterocycles. The van der Waals surface area contributed by atoms with Gasteiger partial charge in [-0.05, 0) is 45.2 Å². The maximum atomic E-state index is 11.7. The summed E-state index contributed by atoms with van der Waals surface area (Å²) in [6, 6.07) is 1.03. The van der Waals surface area contributed by atoms with E-state index < -0.39 is 0 Å². The van der Waals surface area contributed by atoms with Gasteiger partial charge in [0.25, 0.3) is 0 Å². The van der Waals surface area contributed by atoms with Crippen molar-refractivity contribution in [2.24, 2.45) is 5.73 Å². The van der Waals surface area contributed by atoms with Crippen molar-refractivity contribution in [3.63, 3.8) is 0 Å². The molecule has 2 fully saturated rings. The zero-order valence-electron chi connectivity index (χ0n) is 9.95. The van der Waals surface area contributed by atoms with Gasteiger partial charge in [0.2, 0.25) is 5.91 Å². The number of carbonyl (C=O) groups excluding carboxylic acids is 1. The molecule has 0 aromatic rings. The van der Waals surface area contributed by atoms with Gasteiger partial charge < -0.3 is 11.1 Å². The molecule has 2 saturated heterocycles. The first-order valence-corrected chi connectivity index (χ1v) is 6.55. The highest BCUT2D eigenvalue weighted by atomic mass is 16.1. The van der Waals surface area contributed by atoms with Crippen LogP contribution in [0.1, 0.15) is 38.5 Å². The molecule has 2 unspecified atom stereocenters. The molecule has 0 saturated carbocycles. The molecule has 4 nitrogen and oxygen atoms in total. The van der Waals surface area contributed by atoms with Gasteiger partial charge in [-0.1, -0.05) is 0 Å². The number of amides is 1. The van der Waals surface area contributed by atoms with Crippen LogP contribution in [0.5, 0.6) is 0 Å². The molecule has 3 N–H and O–H groups in total. The van der Waals surface area contributed by atoms with Crippen LogP contribution in [0.15, 0.2) is 0 Å². The third-order valence-corrected chi connectivity index (χ3v) is 3.81. The van der Waals surface area contributed by atoms with Crippen LogP contribution in [-0.2, 0) is 4.79 Å². The van der Waals surface area contributed by atoms with Gasteiger partial charge in [0.15, 0.2) is 0 Å². The predicted octanol–water partition coefficient (Wildman–Crippen LogP) is 0.468. The summed E-state index contributed by atoms with van der Waals surface area (Å²) in [4.78, 5) is 14.2. The summed E-state index contributed by atoms with van der Waals surface area (Å²) in [5.74, 6) is 0.215. The van der Waals surface area contributed by atoms with Crippen LogP contribution in [0.2, 0.25) is 0 Å². The number of unbranched alkanes of at least 4 members (excludes halogenated alkanes) is 1. The van der Waals surface area contributed by atoms with Crippen molar-refractivity contribution in [3.05, 3.63) is 0 Å². The highest BCUT2D eigenvalue weighted by Gasteiger charge is 2.37. The topological polar surface area (TPSA) is 58.4 Å². The van der Waals surface area contributed by atoms with Crippen molar-refractivity contribution in [1.82, 2.24) is 10.2 Å². The Kier molecular flexibility index (Phi) is 4.18. The van der Waals surface area contributed by atoms with E-state index >= 15 is 0 Å². The molecule has 0 spiro atoms. The van der Waals surface area contributed by atoms with E-state index in [2.05, 4.69) is 10.2 Å². The average Bonchev–Trinajstić information content (AvgIpc) is 2.83. The summed E-state index contributed by atoms with van der Waals surface area (Å²) in [6.45, 7) is 3.08. The molecule has 92 valence electrons. The van der Waals surface area contributed by atoms with Crippen molar-refractivity contribution >= 4 is 5.91 Å². The lowest BCUT2D eigenvalue weighted by molar-refractivity contribution is -0.122. The molecular weight excluding hydrogens is 202 g/mol. The van der Waals surface area contributed by atoms with Crippen molar-refractivity contribution in [2.75, 3.05) is 19.6 Å². The zero-order valence-corrected chi connectivity index (χ0v) is 9.95. The Morgan fingerprint density at radius 3 is 3.00 bits per heavy atom. The fourth-order valence-electron chi connectivity index (χ4n) is 2.96. The largest absolute Gasteiger partial charge is 0.352 e. The number of rotatable bonds is 5. The minimum Gasteiger partial charge on any atom is -0.352 e. The number of nitrogens with one attached hydrogen (secondary N) is 1. The third-order valence-electron chi connectivity index (χ3n) is 3.81. The van der Waals surface area contributed by atoms with Gasteiger partial charge in [-0.3, -0.25) is 9.69 Å². The van der Waals surface area contributed by atoms with Crippen molar-refractivity contribution in [2.45, 2.75) is 50.6 Å². The van der Waals surface area contributed by atoms with E-state index in [4.69, 9.17) is 5.73 Å². The number of carbonyl (C=O) groups is 1. The number of fused-ring (bicyclic) bond motifs is 1. The summed E-state index contributed by atoms with van der Waals surface area (Å²) in [6.07, 6.45) is 6.20. The summed E-state index contributed by atoms with van der Waals surface area (Å²) < 4.78 is 0. The van der Waals surface area contributed by atoms with Crippen LogP contribution in [0.25, 0.3) is 0 Å². The minimum atomic E-state index is 0.215. The summed E-state index contributed by atoms with van der Waals surface area (Å²) in [7, 11) is 0. The highest BCUT2D eigenvalue weighted by molar-refractivity contribution is 5.76. The monoisotopic (exact) mass is 225 g/mol. The van der Waals surface area contributed by atoms with E-state index in [0.717, 1.165) is 19.3 Å². The van der Waals surface area contributed by atoms with Crippen molar-refractivity contribution in [3.8, 4) is 0 Å². The molecule has 2 rings (SSSR count). The van der Waals surface area contributed by atoms with E-state index in [0.29, 0.717) is 25.0 Å². The standard InChI is InChI=1S/C12H23N3O/c13-7-2-1-5-12(16)14-10-6-9-15-8-3-4-11(10)15/h10-11H,1-9,13H2,(H,14,16). The first-order valence-electron chi connectivity index (χ1n) is 6.55. The lowest BCUT2D eigenvalue weighted by Crippen LogP contribution is -2.42. The van der Waals surface area contributed by atoms with Crippen LogP contribution < -0.4 is 11.1 Å². The van der Waals surface area contributed by atoms with E-state index in [1.807, 2.05) is 0 Å². The van der Waals surface area contributed by atoms with Gasteiger partial charge in [0.05, 0.1) is 0 Å². The maximum absolute atomic E-state index is 11.7. The Balaban J connectivity index is 1.70. The number of hydrogen-bond acceptors (Lipinski definition) is 3. The van der Waals surface area contributed by atoms with Gasteiger partial charge in [-0.15, -0.1) is 0 Å². The first kappa shape index (κ1) is 11.9. The Morgan fingerprint density at radius 2 is 2.19 bits per heavy atom. The predicted molar refractivity (Wildman–Crippen MR) is 64.0 cm³/mol. The number of hydrogen-bond donors (Lipinski definition) is 2. The fourth-order valence-corrected chi connectivity index (χ4v) is 2.96. The van der Waals surface area contributed by atoms with E-state index in [1.54, 1.807) is 0 Å². The highest BCUT2D eigenvalue weighted by Crippen LogP contribution is 2.27. The third kappa shape index (κ3) is 2.74. The van der Waals surface area contributed by atoms with Crippen LogP contribution >= 0.6 is 0 Å². The molecule has 0 aromatic heterocycles. The lowest BCUT2D eigenvalue weighted by Gasteiger charge is -2.21. The maximum Gasteiger partial charge on any atom is 0.220 e. The average molecular weight is 225 g/mol. The smallest absolute Gasteiger partial charge is 0.220 e. The number of nitrogens with two attached hydrogens (primary N) is 1. The van der Waals surface area contributed by atoms with Crippen molar-refractivity contribution in [1.29, 1.82) is 0 Å². The Bertz CT molecular complexity index is 244. The van der Waals surface area contributed by atoms with E-state index in [1.165, 1.54) is 25.9 Å². The first-order chi connectivity index (χ1) is 7.81. The van der Waals surface area contributed by atoms with Crippen LogP contribution in [0.4, 0.5) is 0 Å². The molecule has 0 aromatic carbocycles. The molecule has 1 amide bonds. The molecule has 0 radical (unpaired) electrons. The minimum absolute atomic E-state index is 0.215. The van der Waals surface area contributed by atoms with Crippen LogP contribution in [0.3, 0.4) is 0 Å². The van der Waals surface area contributed by atoms with Gasteiger partial charge in [-0.2, -0.15) is 0 Å². The molecule has 16 heavy (non-hydrogen) atoms. The summed E-state index contributed by atoms with van der Waals surface area (Å²) in [5, 5.41) is 3.19. The second-order valence-electron chi connectivity index (χ2n) is 4.95. The van der Waals surface area contributed by atoms with Gasteiger partial charge in [0, 0.05) is 25.0 Å².